The van der Waals surface area contributed by atoms with Crippen LogP contribution in [0, 0.1) is 12.7 Å². The molecule has 130 valence electrons. The molecule has 0 aliphatic carbocycles. The molecule has 1 atom stereocenters. The van der Waals surface area contributed by atoms with E-state index in [1.807, 2.05) is 17.9 Å². The van der Waals surface area contributed by atoms with Crippen molar-refractivity contribution >= 4 is 11.7 Å². The number of fused-ring (bicyclic) bond motifs is 1. The van der Waals surface area contributed by atoms with Crippen LogP contribution in [0.1, 0.15) is 29.7 Å². The van der Waals surface area contributed by atoms with Crippen LogP contribution in [0.25, 0.3) is 0 Å². The topological polar surface area (TPSA) is 45.2 Å². The number of pyridine rings is 1. The molecule has 3 heterocycles. The fraction of sp³-hybridized carbons (Fsp3) is 0.400. The highest BCUT2D eigenvalue weighted by Gasteiger charge is 2.42. The molecule has 1 N–H and O–H groups in total. The monoisotopic (exact) mass is 339 g/mol. The zero-order valence-electron chi connectivity index (χ0n) is 14.4. The lowest BCUT2D eigenvalue weighted by Gasteiger charge is -2.36. The lowest BCUT2D eigenvalue weighted by atomic mass is 9.86. The van der Waals surface area contributed by atoms with Gasteiger partial charge in [-0.1, -0.05) is 18.2 Å². The van der Waals surface area contributed by atoms with E-state index in [9.17, 15) is 9.18 Å². The van der Waals surface area contributed by atoms with Crippen molar-refractivity contribution < 1.29 is 9.18 Å². The number of nitrogens with one attached hydrogen (secondary N) is 1. The van der Waals surface area contributed by atoms with Crippen molar-refractivity contribution in [2.75, 3.05) is 18.4 Å². The number of halogens is 1. The highest BCUT2D eigenvalue weighted by atomic mass is 19.1. The summed E-state index contributed by atoms with van der Waals surface area (Å²) in [4.78, 5) is 19.2. The van der Waals surface area contributed by atoms with Gasteiger partial charge in [-0.2, -0.15) is 0 Å². The number of amides is 1. The fourth-order valence-corrected chi connectivity index (χ4v) is 3.86. The van der Waals surface area contributed by atoms with Gasteiger partial charge in [0.25, 0.3) is 0 Å². The molecule has 1 spiro atoms. The number of hydrogen-bond donors (Lipinski definition) is 1. The average molecular weight is 339 g/mol. The Bertz CT molecular complexity index is 805. The van der Waals surface area contributed by atoms with Crippen molar-refractivity contribution in [3.8, 4) is 0 Å². The fourth-order valence-electron chi connectivity index (χ4n) is 3.86. The number of benzene rings is 1. The Hall–Kier alpha value is -2.43. The van der Waals surface area contributed by atoms with Crippen LogP contribution < -0.4 is 5.32 Å². The van der Waals surface area contributed by atoms with Crippen molar-refractivity contribution in [3.05, 3.63) is 59.0 Å². The Balaban J connectivity index is 1.44. The molecule has 0 bridgehead atoms. The molecule has 0 radical (unpaired) electrons. The second-order valence-electron chi connectivity index (χ2n) is 7.23. The summed E-state index contributed by atoms with van der Waals surface area (Å²) in [5.74, 6) is 0.802. The normalized spacial score (nSPS) is 21.9. The molecule has 0 unspecified atom stereocenters. The molecule has 1 aromatic heterocycles. The standard InChI is InChI=1S/C20H22FN3O/c1-14-2-5-16-8-9-20(23-19(16)22-14)10-11-24(13-20)18(25)12-15-3-6-17(21)7-4-15/h2-7H,8-13H2,1H3,(H,22,23)/t20-/m1/s1. The van der Waals surface area contributed by atoms with E-state index >= 15 is 0 Å². The van der Waals surface area contributed by atoms with Crippen molar-refractivity contribution in [1.29, 1.82) is 0 Å². The smallest absolute Gasteiger partial charge is 0.227 e. The summed E-state index contributed by atoms with van der Waals surface area (Å²) in [6.45, 7) is 3.46. The molecule has 2 aliphatic heterocycles. The van der Waals surface area contributed by atoms with E-state index in [-0.39, 0.29) is 17.3 Å². The number of likely N-dealkylation sites (tertiary alicyclic amines) is 1. The summed E-state index contributed by atoms with van der Waals surface area (Å²) in [6.07, 6.45) is 3.28. The first-order valence-electron chi connectivity index (χ1n) is 8.80. The van der Waals surface area contributed by atoms with Crippen molar-refractivity contribution in [3.63, 3.8) is 0 Å². The molecular weight excluding hydrogens is 317 g/mol. The summed E-state index contributed by atoms with van der Waals surface area (Å²) < 4.78 is 13.0. The van der Waals surface area contributed by atoms with Crippen LogP contribution in [0.4, 0.5) is 10.2 Å². The van der Waals surface area contributed by atoms with E-state index in [0.29, 0.717) is 13.0 Å². The van der Waals surface area contributed by atoms with Gasteiger partial charge in [-0.25, -0.2) is 9.37 Å². The number of carbonyl (C=O) groups is 1. The first kappa shape index (κ1) is 16.1. The van der Waals surface area contributed by atoms with E-state index in [0.717, 1.165) is 42.9 Å². The van der Waals surface area contributed by atoms with Gasteiger partial charge in [0, 0.05) is 18.8 Å². The SMILES string of the molecule is Cc1ccc2c(n1)N[C@]1(CC2)CCN(C(=O)Cc2ccc(F)cc2)C1. The van der Waals surface area contributed by atoms with Gasteiger partial charge in [0.05, 0.1) is 12.0 Å². The summed E-state index contributed by atoms with van der Waals surface area (Å²) >= 11 is 0. The minimum absolute atomic E-state index is 0.0632. The van der Waals surface area contributed by atoms with Gasteiger partial charge < -0.3 is 10.2 Å². The number of aromatic nitrogens is 1. The Labute approximate surface area is 147 Å². The number of hydrogen-bond acceptors (Lipinski definition) is 3. The largest absolute Gasteiger partial charge is 0.363 e. The second-order valence-corrected chi connectivity index (χ2v) is 7.23. The first-order valence-corrected chi connectivity index (χ1v) is 8.80. The van der Waals surface area contributed by atoms with Gasteiger partial charge in [-0.05, 0) is 55.5 Å². The van der Waals surface area contributed by atoms with Crippen LogP contribution in [0.3, 0.4) is 0 Å². The minimum atomic E-state index is -0.274. The maximum atomic E-state index is 13.0. The maximum Gasteiger partial charge on any atom is 0.227 e. The molecule has 4 rings (SSSR count). The van der Waals surface area contributed by atoms with E-state index in [1.54, 1.807) is 12.1 Å². The number of nitrogens with zero attached hydrogens (tertiary/aromatic N) is 2. The van der Waals surface area contributed by atoms with Gasteiger partial charge in [-0.3, -0.25) is 4.79 Å². The Morgan fingerprint density at radius 3 is 2.84 bits per heavy atom. The second kappa shape index (κ2) is 6.14. The predicted molar refractivity (Wildman–Crippen MR) is 94.9 cm³/mol. The van der Waals surface area contributed by atoms with Crippen LogP contribution in [-0.2, 0) is 17.6 Å². The molecule has 1 aromatic carbocycles. The first-order chi connectivity index (χ1) is 12.0. The molecule has 1 amide bonds. The summed E-state index contributed by atoms with van der Waals surface area (Å²) in [6, 6.07) is 10.4. The van der Waals surface area contributed by atoms with Crippen molar-refractivity contribution in [1.82, 2.24) is 9.88 Å². The maximum absolute atomic E-state index is 13.0. The Morgan fingerprint density at radius 2 is 2.04 bits per heavy atom. The number of anilines is 1. The number of carbonyl (C=O) groups excluding carboxylic acids is 1. The summed E-state index contributed by atoms with van der Waals surface area (Å²) in [5.41, 5.74) is 3.05. The van der Waals surface area contributed by atoms with Crippen LogP contribution in [0.2, 0.25) is 0 Å². The molecule has 0 saturated carbocycles. The van der Waals surface area contributed by atoms with Crippen LogP contribution in [-0.4, -0.2) is 34.4 Å². The Kier molecular flexibility index (Phi) is 3.94. The van der Waals surface area contributed by atoms with Gasteiger partial charge in [0.15, 0.2) is 0 Å². The van der Waals surface area contributed by atoms with E-state index in [1.165, 1.54) is 17.7 Å². The minimum Gasteiger partial charge on any atom is -0.363 e. The van der Waals surface area contributed by atoms with Crippen LogP contribution >= 0.6 is 0 Å². The zero-order chi connectivity index (χ0) is 17.4. The number of rotatable bonds is 2. The third-order valence-corrected chi connectivity index (χ3v) is 5.35. The molecule has 2 aromatic rings. The van der Waals surface area contributed by atoms with Crippen molar-refractivity contribution in [2.24, 2.45) is 0 Å². The van der Waals surface area contributed by atoms with E-state index in [2.05, 4.69) is 16.4 Å². The quantitative estimate of drug-likeness (QED) is 0.914. The van der Waals surface area contributed by atoms with Gasteiger partial charge in [0.2, 0.25) is 5.91 Å². The molecule has 25 heavy (non-hydrogen) atoms. The highest BCUT2D eigenvalue weighted by Crippen LogP contribution is 2.36. The molecule has 2 aliphatic rings. The molecule has 1 fully saturated rings. The van der Waals surface area contributed by atoms with Crippen LogP contribution in [0.5, 0.6) is 0 Å². The van der Waals surface area contributed by atoms with E-state index < -0.39 is 0 Å². The Morgan fingerprint density at radius 1 is 1.24 bits per heavy atom. The molecular formula is C20H22FN3O. The number of aryl methyl sites for hydroxylation is 2. The summed E-state index contributed by atoms with van der Waals surface area (Å²) in [7, 11) is 0. The third-order valence-electron chi connectivity index (χ3n) is 5.35. The van der Waals surface area contributed by atoms with Gasteiger partial charge >= 0.3 is 0 Å². The van der Waals surface area contributed by atoms with Crippen molar-refractivity contribution in [2.45, 2.75) is 38.1 Å². The lowest BCUT2D eigenvalue weighted by molar-refractivity contribution is -0.129. The molecule has 4 nitrogen and oxygen atoms in total. The highest BCUT2D eigenvalue weighted by molar-refractivity contribution is 5.79. The molecule has 5 heteroatoms. The lowest BCUT2D eigenvalue weighted by Crippen LogP contribution is -2.45. The zero-order valence-corrected chi connectivity index (χ0v) is 14.4. The summed E-state index contributed by atoms with van der Waals surface area (Å²) in [5, 5.41) is 3.61. The molecule has 1 saturated heterocycles. The average Bonchev–Trinajstić information content (AvgIpc) is 3.00. The van der Waals surface area contributed by atoms with Gasteiger partial charge in [0.1, 0.15) is 11.6 Å². The van der Waals surface area contributed by atoms with E-state index in [4.69, 9.17) is 0 Å². The predicted octanol–water partition coefficient (Wildman–Crippen LogP) is 3.10. The van der Waals surface area contributed by atoms with Crippen LogP contribution in [0.15, 0.2) is 36.4 Å². The van der Waals surface area contributed by atoms with Gasteiger partial charge in [-0.15, -0.1) is 0 Å². The third kappa shape index (κ3) is 3.23.